The number of fused-ring (bicyclic) bond motifs is 4. The van der Waals surface area contributed by atoms with E-state index in [2.05, 4.69) is 40.0 Å². The normalized spacial score (nSPS) is 24.3. The van der Waals surface area contributed by atoms with Gasteiger partial charge in [-0.15, -0.1) is 11.3 Å². The molecule has 1 aliphatic carbocycles. The van der Waals surface area contributed by atoms with Crippen LogP contribution in [0.25, 0.3) is 10.2 Å². The van der Waals surface area contributed by atoms with Gasteiger partial charge in [0.05, 0.1) is 10.9 Å². The molecular formula is C19H17N3O2S2. The fourth-order valence-electron chi connectivity index (χ4n) is 4.13. The fourth-order valence-corrected chi connectivity index (χ4v) is 5.39. The molecule has 5 nitrogen and oxygen atoms in total. The van der Waals surface area contributed by atoms with E-state index in [1.807, 2.05) is 12.3 Å². The van der Waals surface area contributed by atoms with Gasteiger partial charge in [-0.25, -0.2) is 18.5 Å². The van der Waals surface area contributed by atoms with E-state index in [0.29, 0.717) is 5.92 Å². The number of sulfonamides is 1. The second kappa shape index (κ2) is 5.64. The predicted molar refractivity (Wildman–Crippen MR) is 104 cm³/mol. The number of pyridine rings is 1. The topological polar surface area (TPSA) is 85.1 Å². The summed E-state index contributed by atoms with van der Waals surface area (Å²) in [4.78, 5) is 5.80. The largest absolute Gasteiger partial charge is 0.378 e. The average molecular weight is 383 g/mol. The number of anilines is 1. The Hall–Kier alpha value is -2.22. The smallest absolute Gasteiger partial charge is 0.238 e. The molecule has 0 unspecified atom stereocenters. The molecule has 26 heavy (non-hydrogen) atoms. The first-order valence-corrected chi connectivity index (χ1v) is 10.9. The van der Waals surface area contributed by atoms with Crippen molar-refractivity contribution in [3.8, 4) is 0 Å². The van der Waals surface area contributed by atoms with Gasteiger partial charge in [-0.05, 0) is 59.2 Å². The van der Waals surface area contributed by atoms with Gasteiger partial charge >= 0.3 is 0 Å². The highest BCUT2D eigenvalue weighted by Gasteiger charge is 2.38. The van der Waals surface area contributed by atoms with Crippen LogP contribution >= 0.6 is 11.3 Å². The average Bonchev–Trinajstić information content (AvgIpc) is 3.28. The maximum Gasteiger partial charge on any atom is 0.238 e. The van der Waals surface area contributed by atoms with Crippen molar-refractivity contribution < 1.29 is 8.42 Å². The van der Waals surface area contributed by atoms with Crippen molar-refractivity contribution in [2.75, 3.05) is 5.32 Å². The molecule has 0 saturated carbocycles. The number of allylic oxidation sites excluding steroid dienone is 2. The lowest BCUT2D eigenvalue weighted by molar-refractivity contribution is 0.424. The molecule has 0 saturated heterocycles. The Labute approximate surface area is 155 Å². The molecule has 3 aromatic rings. The first-order chi connectivity index (χ1) is 12.5. The van der Waals surface area contributed by atoms with Gasteiger partial charge in [-0.2, -0.15) is 0 Å². The number of aromatic nitrogens is 1. The minimum atomic E-state index is -3.71. The van der Waals surface area contributed by atoms with Gasteiger partial charge in [0.2, 0.25) is 10.0 Å². The summed E-state index contributed by atoms with van der Waals surface area (Å²) in [5.74, 6) is 0.507. The summed E-state index contributed by atoms with van der Waals surface area (Å²) in [5.41, 5.74) is 3.12. The fraction of sp³-hybridized carbons (Fsp3) is 0.211. The first-order valence-electron chi connectivity index (χ1n) is 8.44. The van der Waals surface area contributed by atoms with E-state index in [9.17, 15) is 8.42 Å². The number of hydrogen-bond acceptors (Lipinski definition) is 5. The van der Waals surface area contributed by atoms with Crippen LogP contribution in [-0.4, -0.2) is 13.4 Å². The lowest BCUT2D eigenvalue weighted by Gasteiger charge is -2.37. The third-order valence-electron chi connectivity index (χ3n) is 5.35. The molecule has 0 fully saturated rings. The number of thiophene rings is 1. The zero-order valence-electron chi connectivity index (χ0n) is 13.8. The molecule has 3 atom stereocenters. The van der Waals surface area contributed by atoms with Gasteiger partial charge in [-0.1, -0.05) is 12.2 Å². The SMILES string of the molecule is NS(=O)(=O)c1ccc2c(c1)[C@H]1C=CC[C@H]1[C@@H](c1cnc3sccc3c1)N2. The van der Waals surface area contributed by atoms with Gasteiger partial charge in [-0.3, -0.25) is 0 Å². The number of hydrogen-bond donors (Lipinski definition) is 2. The summed E-state index contributed by atoms with van der Waals surface area (Å²) < 4.78 is 23.5. The van der Waals surface area contributed by atoms with Crippen molar-refractivity contribution in [1.82, 2.24) is 4.98 Å². The van der Waals surface area contributed by atoms with Crippen LogP contribution in [-0.2, 0) is 10.0 Å². The monoisotopic (exact) mass is 383 g/mol. The molecule has 0 amide bonds. The van der Waals surface area contributed by atoms with Crippen molar-refractivity contribution in [1.29, 1.82) is 0 Å². The van der Waals surface area contributed by atoms with E-state index in [0.717, 1.165) is 33.5 Å². The molecule has 1 aromatic carbocycles. The zero-order valence-corrected chi connectivity index (χ0v) is 15.4. The molecule has 7 heteroatoms. The quantitative estimate of drug-likeness (QED) is 0.660. The van der Waals surface area contributed by atoms with Gasteiger partial charge in [0, 0.05) is 23.2 Å². The van der Waals surface area contributed by atoms with Gasteiger partial charge in [0.15, 0.2) is 0 Å². The lowest BCUT2D eigenvalue weighted by atomic mass is 9.77. The minimum absolute atomic E-state index is 0.139. The molecule has 0 bridgehead atoms. The number of primary sulfonamides is 1. The standard InChI is InChI=1S/C19H17N3O2S2/c20-26(23,24)13-4-5-17-16(9-13)14-2-1-3-15(14)18(22-17)12-8-11-6-7-25-19(11)21-10-12/h1-2,4-10,14-15,18,22H,3H2,(H2,20,23,24)/t14-,15+,18+/m0/s1. The van der Waals surface area contributed by atoms with Crippen molar-refractivity contribution in [2.24, 2.45) is 11.1 Å². The van der Waals surface area contributed by atoms with E-state index in [4.69, 9.17) is 5.14 Å². The van der Waals surface area contributed by atoms with Crippen LogP contribution in [0.15, 0.2) is 59.0 Å². The molecule has 2 aliphatic rings. The molecule has 0 radical (unpaired) electrons. The first kappa shape index (κ1) is 16.0. The van der Waals surface area contributed by atoms with Crippen molar-refractivity contribution in [3.05, 3.63) is 65.2 Å². The zero-order chi connectivity index (χ0) is 17.9. The highest BCUT2D eigenvalue weighted by Crippen LogP contribution is 2.50. The summed E-state index contributed by atoms with van der Waals surface area (Å²) in [6.45, 7) is 0. The van der Waals surface area contributed by atoms with Crippen LogP contribution in [0.4, 0.5) is 5.69 Å². The van der Waals surface area contributed by atoms with E-state index in [1.165, 1.54) is 0 Å². The highest BCUT2D eigenvalue weighted by molar-refractivity contribution is 7.89. The maximum absolute atomic E-state index is 11.7. The number of benzene rings is 1. The minimum Gasteiger partial charge on any atom is -0.378 e. The number of nitrogens with one attached hydrogen (secondary N) is 1. The highest BCUT2D eigenvalue weighted by atomic mass is 32.2. The molecule has 5 rings (SSSR count). The maximum atomic E-state index is 11.7. The molecular weight excluding hydrogens is 366 g/mol. The Morgan fingerprint density at radius 3 is 2.96 bits per heavy atom. The van der Waals surface area contributed by atoms with Crippen LogP contribution in [0.2, 0.25) is 0 Å². The summed E-state index contributed by atoms with van der Waals surface area (Å²) in [7, 11) is -3.71. The van der Waals surface area contributed by atoms with Crippen LogP contribution in [0.5, 0.6) is 0 Å². The number of nitrogens with two attached hydrogens (primary N) is 1. The van der Waals surface area contributed by atoms with Gasteiger partial charge in [0.25, 0.3) is 0 Å². The third-order valence-corrected chi connectivity index (χ3v) is 7.10. The Balaban J connectivity index is 1.61. The summed E-state index contributed by atoms with van der Waals surface area (Å²) >= 11 is 1.64. The molecule has 0 spiro atoms. The third kappa shape index (κ3) is 2.46. The van der Waals surface area contributed by atoms with Crippen molar-refractivity contribution >= 4 is 37.3 Å². The van der Waals surface area contributed by atoms with Crippen LogP contribution in [0.3, 0.4) is 0 Å². The predicted octanol–water partition coefficient (Wildman–Crippen LogP) is 3.77. The molecule has 3 heterocycles. The van der Waals surface area contributed by atoms with Gasteiger partial charge in [0.1, 0.15) is 4.83 Å². The van der Waals surface area contributed by atoms with Crippen molar-refractivity contribution in [3.63, 3.8) is 0 Å². The van der Waals surface area contributed by atoms with Gasteiger partial charge < -0.3 is 5.32 Å². The van der Waals surface area contributed by atoms with E-state index in [-0.39, 0.29) is 16.9 Å². The number of rotatable bonds is 2. The van der Waals surface area contributed by atoms with E-state index >= 15 is 0 Å². The summed E-state index contributed by atoms with van der Waals surface area (Å²) in [5, 5.41) is 12.1. The number of nitrogens with zero attached hydrogens (tertiary/aromatic N) is 1. The van der Waals surface area contributed by atoms with Crippen molar-refractivity contribution in [2.45, 2.75) is 23.3 Å². The second-order valence-corrected chi connectivity index (χ2v) is 9.31. The van der Waals surface area contributed by atoms with Crippen LogP contribution < -0.4 is 10.5 Å². The lowest BCUT2D eigenvalue weighted by Crippen LogP contribution is -2.29. The van der Waals surface area contributed by atoms with E-state index in [1.54, 1.807) is 23.5 Å². The molecule has 132 valence electrons. The Morgan fingerprint density at radius 1 is 1.23 bits per heavy atom. The second-order valence-electron chi connectivity index (χ2n) is 6.85. The Morgan fingerprint density at radius 2 is 2.12 bits per heavy atom. The molecule has 2 aromatic heterocycles. The molecule has 3 N–H and O–H groups in total. The Bertz CT molecular complexity index is 1150. The Kier molecular flexibility index (Phi) is 3.47. The van der Waals surface area contributed by atoms with Crippen LogP contribution in [0.1, 0.15) is 29.5 Å². The summed E-state index contributed by atoms with van der Waals surface area (Å²) in [6, 6.07) is 9.53. The molecule has 1 aliphatic heterocycles. The van der Waals surface area contributed by atoms with Crippen LogP contribution in [0, 0.1) is 5.92 Å². The van der Waals surface area contributed by atoms with E-state index < -0.39 is 10.0 Å². The summed E-state index contributed by atoms with van der Waals surface area (Å²) in [6.07, 6.45) is 7.26.